The Morgan fingerprint density at radius 2 is 1.81 bits per heavy atom. The number of nitrogens with zero attached hydrogens (tertiary/aromatic N) is 2. The summed E-state index contributed by atoms with van der Waals surface area (Å²) in [6.07, 6.45) is 0. The number of phenols is 1. The summed E-state index contributed by atoms with van der Waals surface area (Å²) in [4.78, 5) is 23.3. The highest BCUT2D eigenvalue weighted by atomic mass is 35.5. The van der Waals surface area contributed by atoms with Gasteiger partial charge in [-0.1, -0.05) is 29.8 Å². The monoisotopic (exact) mass is 411 g/mol. The molecule has 9 nitrogen and oxygen atoms in total. The number of carbonyl (C=O) groups is 2. The lowest BCUT2D eigenvalue weighted by Gasteiger charge is -2.09. The quantitative estimate of drug-likeness (QED) is 0.378. The van der Waals surface area contributed by atoms with E-state index < -0.39 is 49.2 Å². The van der Waals surface area contributed by atoms with Gasteiger partial charge in [0.25, 0.3) is 16.0 Å². The molecule has 0 saturated carbocycles. The van der Waals surface area contributed by atoms with Gasteiger partial charge in [0.1, 0.15) is 5.69 Å². The Balaban J connectivity index is 2.34. The summed E-state index contributed by atoms with van der Waals surface area (Å²) < 4.78 is 31.6. The van der Waals surface area contributed by atoms with E-state index in [1.807, 2.05) is 0 Å². The molecule has 0 fully saturated rings. The molecule has 142 valence electrons. The van der Waals surface area contributed by atoms with Crippen LogP contribution in [-0.2, 0) is 19.7 Å². The van der Waals surface area contributed by atoms with Gasteiger partial charge in [0.05, 0.1) is 9.92 Å². The van der Waals surface area contributed by atoms with Crippen LogP contribution in [0.1, 0.15) is 6.92 Å². The van der Waals surface area contributed by atoms with Crippen LogP contribution in [0.15, 0.2) is 57.6 Å². The van der Waals surface area contributed by atoms with E-state index in [0.717, 1.165) is 19.1 Å². The molecule has 2 rings (SSSR count). The Kier molecular flexibility index (Phi) is 6.26. The molecule has 0 aliphatic rings. The molecule has 1 atom stereocenters. The minimum atomic E-state index is -4.62. The van der Waals surface area contributed by atoms with Gasteiger partial charge in [-0.2, -0.15) is 18.6 Å². The van der Waals surface area contributed by atoms with Gasteiger partial charge in [-0.3, -0.25) is 14.1 Å². The van der Waals surface area contributed by atoms with Crippen LogP contribution in [0, 0.1) is 0 Å². The van der Waals surface area contributed by atoms with Gasteiger partial charge in [0.15, 0.2) is 11.5 Å². The predicted molar refractivity (Wildman–Crippen MR) is 97.0 cm³/mol. The van der Waals surface area contributed by atoms with E-state index >= 15 is 0 Å². The number of halogens is 1. The molecule has 11 heteroatoms. The van der Waals surface area contributed by atoms with Crippen molar-refractivity contribution in [2.75, 3.05) is 5.32 Å². The van der Waals surface area contributed by atoms with E-state index in [9.17, 15) is 23.1 Å². The maximum atomic E-state index is 12.2. The molecule has 1 unspecified atom stereocenters. The van der Waals surface area contributed by atoms with Crippen molar-refractivity contribution in [1.82, 2.24) is 0 Å². The molecule has 0 radical (unpaired) electrons. The van der Waals surface area contributed by atoms with Crippen LogP contribution in [0.2, 0.25) is 5.02 Å². The number of carbonyl (C=O) groups excluding carboxylic acids is 2. The third-order valence-corrected chi connectivity index (χ3v) is 4.39. The summed E-state index contributed by atoms with van der Waals surface area (Å²) in [5.74, 6) is -2.03. The smallest absolute Gasteiger partial charge is 0.294 e. The minimum Gasteiger partial charge on any atom is -0.504 e. The van der Waals surface area contributed by atoms with Crippen LogP contribution in [0.25, 0.3) is 0 Å². The molecule has 0 aliphatic heterocycles. The van der Waals surface area contributed by atoms with Crippen molar-refractivity contribution in [2.45, 2.75) is 17.9 Å². The number of anilines is 1. The molecule has 1 amide bonds. The zero-order chi connectivity index (χ0) is 20.2. The fraction of sp³-hybridized carbons (Fsp3) is 0.125. The lowest BCUT2D eigenvalue weighted by atomic mass is 10.2. The van der Waals surface area contributed by atoms with Crippen molar-refractivity contribution >= 4 is 44.8 Å². The number of ketones is 1. The van der Waals surface area contributed by atoms with Crippen LogP contribution >= 0.6 is 11.6 Å². The lowest BCUT2D eigenvalue weighted by Crippen LogP contribution is -2.31. The SMILES string of the molecule is CC(=O)C(N=Nc1cc(S(=O)(=O)O)cc(Cl)c1O)C(=O)Nc1ccccc1. The molecule has 3 N–H and O–H groups in total. The number of hydrogen-bond acceptors (Lipinski definition) is 7. The molecular weight excluding hydrogens is 398 g/mol. The number of amides is 1. The third kappa shape index (κ3) is 5.33. The molecular formula is C16H14ClN3O6S. The van der Waals surface area contributed by atoms with Gasteiger partial charge in [0, 0.05) is 5.69 Å². The Morgan fingerprint density at radius 1 is 1.19 bits per heavy atom. The molecule has 2 aromatic rings. The molecule has 0 aromatic heterocycles. The number of aromatic hydroxyl groups is 1. The maximum Gasteiger partial charge on any atom is 0.294 e. The molecule has 2 aromatic carbocycles. The van der Waals surface area contributed by atoms with E-state index in [0.29, 0.717) is 5.69 Å². The van der Waals surface area contributed by atoms with Crippen molar-refractivity contribution in [1.29, 1.82) is 0 Å². The second-order valence-electron chi connectivity index (χ2n) is 5.33. The predicted octanol–water partition coefficient (Wildman–Crippen LogP) is 2.97. The number of rotatable bonds is 6. The fourth-order valence-electron chi connectivity index (χ4n) is 1.96. The molecule has 0 spiro atoms. The molecule has 0 bridgehead atoms. The number of Topliss-reactive ketones (excluding diaryl/α,β-unsaturated/α-hetero) is 1. The average Bonchev–Trinajstić information content (AvgIpc) is 2.58. The second-order valence-corrected chi connectivity index (χ2v) is 7.16. The molecule has 0 saturated heterocycles. The third-order valence-electron chi connectivity index (χ3n) is 3.27. The summed E-state index contributed by atoms with van der Waals surface area (Å²) in [5, 5.41) is 19.1. The van der Waals surface area contributed by atoms with Crippen LogP contribution < -0.4 is 5.32 Å². The second kappa shape index (κ2) is 8.25. The van der Waals surface area contributed by atoms with E-state index in [1.54, 1.807) is 30.3 Å². The zero-order valence-corrected chi connectivity index (χ0v) is 15.4. The van der Waals surface area contributed by atoms with E-state index in [-0.39, 0.29) is 0 Å². The summed E-state index contributed by atoms with van der Waals surface area (Å²) in [5.41, 5.74) is -0.00269. The normalized spacial score (nSPS) is 12.7. The van der Waals surface area contributed by atoms with E-state index in [4.69, 9.17) is 16.2 Å². The number of benzene rings is 2. The standard InChI is InChI=1S/C16H14ClN3O6S/c1-9(21)14(16(23)18-10-5-3-2-4-6-10)20-19-13-8-11(27(24,25)26)7-12(17)15(13)22/h2-8,14,22H,1H3,(H,18,23)(H,24,25,26). The van der Waals surface area contributed by atoms with Gasteiger partial charge < -0.3 is 10.4 Å². The Hall–Kier alpha value is -2.82. The number of hydrogen-bond donors (Lipinski definition) is 3. The van der Waals surface area contributed by atoms with Crippen molar-refractivity contribution in [3.8, 4) is 5.75 Å². The number of para-hydroxylation sites is 1. The van der Waals surface area contributed by atoms with Gasteiger partial charge in [-0.05, 0) is 31.2 Å². The number of azo groups is 1. The first-order chi connectivity index (χ1) is 12.6. The van der Waals surface area contributed by atoms with Crippen molar-refractivity contribution in [3.05, 3.63) is 47.5 Å². The first-order valence-corrected chi connectivity index (χ1v) is 9.18. The zero-order valence-electron chi connectivity index (χ0n) is 13.8. The Morgan fingerprint density at radius 3 is 2.37 bits per heavy atom. The minimum absolute atomic E-state index is 0.410. The first-order valence-electron chi connectivity index (χ1n) is 7.37. The highest BCUT2D eigenvalue weighted by Crippen LogP contribution is 2.37. The van der Waals surface area contributed by atoms with E-state index in [1.165, 1.54) is 0 Å². The average molecular weight is 412 g/mol. The van der Waals surface area contributed by atoms with Crippen molar-refractivity contribution < 1.29 is 27.7 Å². The fourth-order valence-corrected chi connectivity index (χ4v) is 2.76. The van der Waals surface area contributed by atoms with E-state index in [2.05, 4.69) is 15.5 Å². The molecule has 0 heterocycles. The number of nitrogens with one attached hydrogen (secondary N) is 1. The number of phenolic OH excluding ortho intramolecular Hbond substituents is 1. The lowest BCUT2D eigenvalue weighted by molar-refractivity contribution is -0.126. The summed E-state index contributed by atoms with van der Waals surface area (Å²) in [7, 11) is -4.62. The van der Waals surface area contributed by atoms with Gasteiger partial charge in [0.2, 0.25) is 6.04 Å². The summed E-state index contributed by atoms with van der Waals surface area (Å²) >= 11 is 5.70. The highest BCUT2D eigenvalue weighted by molar-refractivity contribution is 7.85. The van der Waals surface area contributed by atoms with Crippen LogP contribution in [0.5, 0.6) is 5.75 Å². The van der Waals surface area contributed by atoms with Gasteiger partial charge in [-0.15, -0.1) is 0 Å². The summed E-state index contributed by atoms with van der Waals surface area (Å²) in [6, 6.07) is 8.38. The van der Waals surface area contributed by atoms with Crippen LogP contribution in [0.4, 0.5) is 11.4 Å². The Labute approximate surface area is 159 Å². The van der Waals surface area contributed by atoms with Gasteiger partial charge in [-0.25, -0.2) is 0 Å². The topological polar surface area (TPSA) is 145 Å². The van der Waals surface area contributed by atoms with Crippen LogP contribution in [-0.4, -0.2) is 35.8 Å². The van der Waals surface area contributed by atoms with Gasteiger partial charge >= 0.3 is 0 Å². The summed E-state index contributed by atoms with van der Waals surface area (Å²) in [6.45, 7) is 1.12. The Bertz CT molecular complexity index is 1010. The molecule has 0 aliphatic carbocycles. The van der Waals surface area contributed by atoms with Crippen molar-refractivity contribution in [3.63, 3.8) is 0 Å². The highest BCUT2D eigenvalue weighted by Gasteiger charge is 2.24. The van der Waals surface area contributed by atoms with Crippen LogP contribution in [0.3, 0.4) is 0 Å². The first kappa shape index (κ1) is 20.5. The van der Waals surface area contributed by atoms with Crippen molar-refractivity contribution in [2.24, 2.45) is 10.2 Å². The molecule has 27 heavy (non-hydrogen) atoms. The largest absolute Gasteiger partial charge is 0.504 e. The maximum absolute atomic E-state index is 12.2.